The van der Waals surface area contributed by atoms with E-state index in [2.05, 4.69) is 15.9 Å². The van der Waals surface area contributed by atoms with Crippen LogP contribution in [-0.4, -0.2) is 11.0 Å². The van der Waals surface area contributed by atoms with E-state index < -0.39 is 0 Å². The first-order valence-electron chi connectivity index (χ1n) is 5.60. The van der Waals surface area contributed by atoms with Crippen molar-refractivity contribution in [3.63, 3.8) is 0 Å². The molecule has 1 heterocycles. The number of ketones is 1. The predicted molar refractivity (Wildman–Crippen MR) is 77.9 cm³/mol. The summed E-state index contributed by atoms with van der Waals surface area (Å²) < 4.78 is 6.23. The minimum atomic E-state index is -0.0729. The van der Waals surface area contributed by atoms with Crippen LogP contribution in [0, 0.1) is 0 Å². The zero-order chi connectivity index (χ0) is 13.0. The third-order valence-corrected chi connectivity index (χ3v) is 4.25. The normalized spacial score (nSPS) is 12.3. The van der Waals surface area contributed by atoms with Gasteiger partial charge in [-0.3, -0.25) is 4.79 Å². The Labute approximate surface area is 119 Å². The van der Waals surface area contributed by atoms with Gasteiger partial charge in [-0.25, -0.2) is 0 Å². The van der Waals surface area contributed by atoms with Gasteiger partial charge in [0.25, 0.3) is 0 Å². The second kappa shape index (κ2) is 6.25. The highest BCUT2D eigenvalue weighted by molar-refractivity contribution is 9.10. The second-order valence-corrected chi connectivity index (χ2v) is 6.15. The summed E-state index contributed by atoms with van der Waals surface area (Å²) in [7, 11) is 0. The molecule has 0 aliphatic carbocycles. The standard InChI is InChI=1S/C14H13BrO2S/c1-10(18-9-13-3-2-8-17-13)14(16)11-4-6-12(15)7-5-11/h2-8,10H,9H2,1H3. The molecule has 1 unspecified atom stereocenters. The number of carbonyl (C=O) groups excluding carboxylic acids is 1. The summed E-state index contributed by atoms with van der Waals surface area (Å²) in [5.74, 6) is 1.77. The Kier molecular flexibility index (Phi) is 4.66. The van der Waals surface area contributed by atoms with Crippen molar-refractivity contribution in [2.75, 3.05) is 0 Å². The molecular weight excluding hydrogens is 312 g/mol. The van der Waals surface area contributed by atoms with Crippen LogP contribution in [0.1, 0.15) is 23.0 Å². The lowest BCUT2D eigenvalue weighted by molar-refractivity contribution is 0.0994. The average Bonchev–Trinajstić information content (AvgIpc) is 2.89. The number of rotatable bonds is 5. The number of hydrogen-bond donors (Lipinski definition) is 0. The molecule has 0 aliphatic heterocycles. The average molecular weight is 325 g/mol. The molecule has 1 aromatic carbocycles. The first-order chi connectivity index (χ1) is 8.66. The fourth-order valence-corrected chi connectivity index (χ4v) is 2.66. The van der Waals surface area contributed by atoms with E-state index in [1.807, 2.05) is 43.3 Å². The van der Waals surface area contributed by atoms with Crippen LogP contribution in [0.5, 0.6) is 0 Å². The highest BCUT2D eigenvalue weighted by Gasteiger charge is 2.15. The number of halogens is 1. The molecule has 0 saturated carbocycles. The lowest BCUT2D eigenvalue weighted by Gasteiger charge is -2.09. The number of thioether (sulfide) groups is 1. The summed E-state index contributed by atoms with van der Waals surface area (Å²) in [5.41, 5.74) is 0.748. The molecule has 0 saturated heterocycles. The number of furan rings is 1. The fourth-order valence-electron chi connectivity index (χ4n) is 1.53. The van der Waals surface area contributed by atoms with E-state index in [0.29, 0.717) is 0 Å². The quantitative estimate of drug-likeness (QED) is 0.756. The molecule has 2 nitrogen and oxygen atoms in total. The zero-order valence-electron chi connectivity index (χ0n) is 9.93. The first-order valence-corrected chi connectivity index (χ1v) is 7.45. The molecule has 1 atom stereocenters. The van der Waals surface area contributed by atoms with Crippen molar-refractivity contribution in [2.24, 2.45) is 0 Å². The van der Waals surface area contributed by atoms with Crippen LogP contribution >= 0.6 is 27.7 Å². The molecule has 0 bridgehead atoms. The monoisotopic (exact) mass is 324 g/mol. The van der Waals surface area contributed by atoms with Crippen LogP contribution in [0.4, 0.5) is 0 Å². The smallest absolute Gasteiger partial charge is 0.175 e. The minimum absolute atomic E-state index is 0.0729. The molecule has 0 spiro atoms. The van der Waals surface area contributed by atoms with Gasteiger partial charge < -0.3 is 4.42 Å². The Morgan fingerprint density at radius 1 is 1.33 bits per heavy atom. The predicted octanol–water partition coefficient (Wildman–Crippen LogP) is 4.55. The van der Waals surface area contributed by atoms with E-state index in [1.165, 1.54) is 0 Å². The maximum absolute atomic E-state index is 12.1. The molecular formula is C14H13BrO2S. The van der Waals surface area contributed by atoms with Gasteiger partial charge in [0, 0.05) is 10.0 Å². The highest BCUT2D eigenvalue weighted by atomic mass is 79.9. The van der Waals surface area contributed by atoms with Gasteiger partial charge >= 0.3 is 0 Å². The van der Waals surface area contributed by atoms with Crippen LogP contribution in [0.15, 0.2) is 51.6 Å². The lowest BCUT2D eigenvalue weighted by Crippen LogP contribution is -2.13. The van der Waals surface area contributed by atoms with Crippen molar-refractivity contribution >= 4 is 33.5 Å². The molecule has 0 N–H and O–H groups in total. The van der Waals surface area contributed by atoms with Crippen LogP contribution in [0.2, 0.25) is 0 Å². The Bertz CT molecular complexity index is 505. The molecule has 94 valence electrons. The molecule has 0 radical (unpaired) electrons. The van der Waals surface area contributed by atoms with Crippen molar-refractivity contribution in [1.82, 2.24) is 0 Å². The highest BCUT2D eigenvalue weighted by Crippen LogP contribution is 2.22. The lowest BCUT2D eigenvalue weighted by atomic mass is 10.1. The van der Waals surface area contributed by atoms with E-state index in [1.54, 1.807) is 18.0 Å². The fraction of sp³-hybridized carbons (Fsp3) is 0.214. The Hall–Kier alpha value is -1.000. The molecule has 1 aromatic heterocycles. The summed E-state index contributed by atoms with van der Waals surface area (Å²) in [6.07, 6.45) is 1.65. The van der Waals surface area contributed by atoms with E-state index >= 15 is 0 Å². The van der Waals surface area contributed by atoms with Gasteiger partial charge in [0.05, 0.1) is 17.3 Å². The summed E-state index contributed by atoms with van der Waals surface area (Å²) in [5, 5.41) is -0.0729. The maximum atomic E-state index is 12.1. The minimum Gasteiger partial charge on any atom is -0.468 e. The summed E-state index contributed by atoms with van der Waals surface area (Å²) >= 11 is 4.95. The number of Topliss-reactive ketones (excluding diaryl/α,β-unsaturated/α-hetero) is 1. The molecule has 0 aliphatic rings. The van der Waals surface area contributed by atoms with Crippen molar-refractivity contribution in [3.05, 3.63) is 58.5 Å². The molecule has 4 heteroatoms. The van der Waals surface area contributed by atoms with E-state index in [0.717, 1.165) is 21.5 Å². The molecule has 0 amide bonds. The Morgan fingerprint density at radius 2 is 2.06 bits per heavy atom. The van der Waals surface area contributed by atoms with E-state index in [4.69, 9.17) is 4.42 Å². The summed E-state index contributed by atoms with van der Waals surface area (Å²) in [4.78, 5) is 12.1. The summed E-state index contributed by atoms with van der Waals surface area (Å²) in [6, 6.07) is 11.2. The van der Waals surface area contributed by atoms with Crippen LogP contribution in [-0.2, 0) is 5.75 Å². The van der Waals surface area contributed by atoms with Crippen LogP contribution in [0.3, 0.4) is 0 Å². The SMILES string of the molecule is CC(SCc1ccco1)C(=O)c1ccc(Br)cc1. The number of benzene rings is 1. The van der Waals surface area contributed by atoms with Gasteiger partial charge in [-0.15, -0.1) is 11.8 Å². The van der Waals surface area contributed by atoms with Crippen molar-refractivity contribution < 1.29 is 9.21 Å². The van der Waals surface area contributed by atoms with Gasteiger partial charge in [-0.05, 0) is 31.2 Å². The first kappa shape index (κ1) is 13.4. The van der Waals surface area contributed by atoms with Gasteiger partial charge in [-0.2, -0.15) is 0 Å². The van der Waals surface area contributed by atoms with Crippen LogP contribution < -0.4 is 0 Å². The zero-order valence-corrected chi connectivity index (χ0v) is 12.3. The number of hydrogen-bond acceptors (Lipinski definition) is 3. The maximum Gasteiger partial charge on any atom is 0.175 e. The van der Waals surface area contributed by atoms with E-state index in [9.17, 15) is 4.79 Å². The largest absolute Gasteiger partial charge is 0.468 e. The van der Waals surface area contributed by atoms with Crippen molar-refractivity contribution in [2.45, 2.75) is 17.9 Å². The van der Waals surface area contributed by atoms with Gasteiger partial charge in [0.1, 0.15) is 5.76 Å². The number of carbonyl (C=O) groups is 1. The summed E-state index contributed by atoms with van der Waals surface area (Å²) in [6.45, 7) is 1.93. The second-order valence-electron chi connectivity index (χ2n) is 3.90. The molecule has 0 fully saturated rings. The third kappa shape index (κ3) is 3.50. The topological polar surface area (TPSA) is 30.2 Å². The van der Waals surface area contributed by atoms with Crippen LogP contribution in [0.25, 0.3) is 0 Å². The van der Waals surface area contributed by atoms with Gasteiger partial charge in [0.15, 0.2) is 5.78 Å². The van der Waals surface area contributed by atoms with Gasteiger partial charge in [-0.1, -0.05) is 28.1 Å². The molecule has 2 rings (SSSR count). The third-order valence-electron chi connectivity index (χ3n) is 2.55. The van der Waals surface area contributed by atoms with Crippen molar-refractivity contribution in [1.29, 1.82) is 0 Å². The molecule has 18 heavy (non-hydrogen) atoms. The molecule has 2 aromatic rings. The van der Waals surface area contributed by atoms with Crippen molar-refractivity contribution in [3.8, 4) is 0 Å². The Balaban J connectivity index is 1.94. The van der Waals surface area contributed by atoms with Gasteiger partial charge in [0.2, 0.25) is 0 Å². The van der Waals surface area contributed by atoms with E-state index in [-0.39, 0.29) is 11.0 Å². The Morgan fingerprint density at radius 3 is 2.67 bits per heavy atom.